The third-order valence-corrected chi connectivity index (χ3v) is 3.01. The second-order valence-electron chi connectivity index (χ2n) is 3.74. The average molecular weight is 264 g/mol. The number of hydrogen-bond acceptors (Lipinski definition) is 3. The molecule has 5 heteroatoms. The smallest absolute Gasteiger partial charge is 0.236 e. The molecule has 0 aliphatic carbocycles. The van der Waals surface area contributed by atoms with Crippen LogP contribution in [0.2, 0.25) is 0 Å². The number of carbonyl (C=O) groups excluding carboxylic acids is 1. The van der Waals surface area contributed by atoms with Gasteiger partial charge in [-0.25, -0.2) is 0 Å². The predicted molar refractivity (Wildman–Crippen MR) is 54.4 cm³/mol. The van der Waals surface area contributed by atoms with Gasteiger partial charge in [0.25, 0.3) is 0 Å². The van der Waals surface area contributed by atoms with Gasteiger partial charge in [0.2, 0.25) is 5.91 Å². The van der Waals surface area contributed by atoms with Crippen molar-refractivity contribution in [3.05, 3.63) is 0 Å². The summed E-state index contributed by atoms with van der Waals surface area (Å²) in [5.74, 6) is 0.145. The molecule has 0 saturated carbocycles. The fraction of sp³-hybridized carbons (Fsp3) is 0.889. The highest BCUT2D eigenvalue weighted by atomic mass is 79.9. The molecule has 1 atom stereocenters. The number of ether oxygens (including phenoxy) is 2. The first-order valence-electron chi connectivity index (χ1n) is 4.82. The van der Waals surface area contributed by atoms with Crippen molar-refractivity contribution in [3.63, 3.8) is 0 Å². The van der Waals surface area contributed by atoms with E-state index in [-0.39, 0.29) is 22.8 Å². The Balaban J connectivity index is 2.12. The molecule has 2 fully saturated rings. The second kappa shape index (κ2) is 4.16. The third-order valence-electron chi connectivity index (χ3n) is 2.62. The van der Waals surface area contributed by atoms with Crippen molar-refractivity contribution >= 4 is 21.8 Å². The van der Waals surface area contributed by atoms with Crippen molar-refractivity contribution in [1.29, 1.82) is 0 Å². The highest BCUT2D eigenvalue weighted by Crippen LogP contribution is 2.21. The molecule has 0 aromatic rings. The molecule has 2 rings (SSSR count). The van der Waals surface area contributed by atoms with Gasteiger partial charge in [-0.05, 0) is 6.92 Å². The van der Waals surface area contributed by atoms with Crippen molar-refractivity contribution in [3.8, 4) is 0 Å². The van der Waals surface area contributed by atoms with E-state index in [1.807, 2.05) is 11.8 Å². The van der Waals surface area contributed by atoms with Crippen LogP contribution in [0.1, 0.15) is 6.92 Å². The molecule has 0 spiro atoms. The first kappa shape index (κ1) is 10.4. The molecule has 14 heavy (non-hydrogen) atoms. The van der Waals surface area contributed by atoms with E-state index < -0.39 is 0 Å². The normalized spacial score (nSPS) is 34.0. The summed E-state index contributed by atoms with van der Waals surface area (Å²) in [7, 11) is 0. The Labute approximate surface area is 91.7 Å². The number of fused-ring (bicyclic) bond motifs is 2. The van der Waals surface area contributed by atoms with Gasteiger partial charge in [-0.15, -0.1) is 0 Å². The van der Waals surface area contributed by atoms with E-state index in [4.69, 9.17) is 9.47 Å². The number of alkyl halides is 1. The summed E-state index contributed by atoms with van der Waals surface area (Å²) >= 11 is 3.31. The average Bonchev–Trinajstić information content (AvgIpc) is 2.15. The van der Waals surface area contributed by atoms with Crippen LogP contribution < -0.4 is 0 Å². The third kappa shape index (κ3) is 1.81. The lowest BCUT2D eigenvalue weighted by Gasteiger charge is -2.45. The van der Waals surface area contributed by atoms with Crippen LogP contribution in [0.25, 0.3) is 0 Å². The minimum absolute atomic E-state index is 0.106. The summed E-state index contributed by atoms with van der Waals surface area (Å²) in [5.41, 5.74) is 0. The SMILES string of the molecule is CC(Br)C(=O)N1C2COCC1COC2. The minimum Gasteiger partial charge on any atom is -0.377 e. The summed E-state index contributed by atoms with van der Waals surface area (Å²) in [6.07, 6.45) is 0. The molecule has 2 aliphatic rings. The standard InChI is InChI=1S/C9H14BrNO3/c1-6(10)9(12)11-7-2-13-4-8(11)5-14-3-7/h6-8H,2-5H2,1H3. The first-order valence-corrected chi connectivity index (χ1v) is 5.73. The Morgan fingerprint density at radius 1 is 1.29 bits per heavy atom. The summed E-state index contributed by atoms with van der Waals surface area (Å²) in [6, 6.07) is 0.213. The molecule has 1 amide bonds. The van der Waals surface area contributed by atoms with E-state index in [2.05, 4.69) is 15.9 Å². The van der Waals surface area contributed by atoms with Gasteiger partial charge in [-0.3, -0.25) is 4.79 Å². The van der Waals surface area contributed by atoms with Gasteiger partial charge >= 0.3 is 0 Å². The van der Waals surface area contributed by atoms with Gasteiger partial charge in [-0.2, -0.15) is 0 Å². The fourth-order valence-corrected chi connectivity index (χ4v) is 2.20. The fourth-order valence-electron chi connectivity index (χ4n) is 1.96. The number of hydrogen-bond donors (Lipinski definition) is 0. The summed E-state index contributed by atoms with van der Waals surface area (Å²) in [4.78, 5) is 13.7. The molecule has 0 aromatic heterocycles. The predicted octanol–water partition coefficient (Wildman–Crippen LogP) is 0.396. The monoisotopic (exact) mass is 263 g/mol. The van der Waals surface area contributed by atoms with Gasteiger partial charge in [0.15, 0.2) is 0 Å². The van der Waals surface area contributed by atoms with Crippen LogP contribution in [0, 0.1) is 0 Å². The van der Waals surface area contributed by atoms with E-state index in [0.717, 1.165) is 0 Å². The van der Waals surface area contributed by atoms with Crippen molar-refractivity contribution in [2.45, 2.75) is 23.8 Å². The highest BCUT2D eigenvalue weighted by Gasteiger charge is 2.39. The summed E-state index contributed by atoms with van der Waals surface area (Å²) in [5, 5.41) is 0. The van der Waals surface area contributed by atoms with E-state index >= 15 is 0 Å². The molecule has 1 unspecified atom stereocenters. The number of rotatable bonds is 1. The maximum absolute atomic E-state index is 11.9. The maximum atomic E-state index is 11.9. The Bertz CT molecular complexity index is 212. The topological polar surface area (TPSA) is 38.8 Å². The lowest BCUT2D eigenvalue weighted by atomic mass is 10.1. The van der Waals surface area contributed by atoms with E-state index in [1.54, 1.807) is 0 Å². The lowest BCUT2D eigenvalue weighted by Crippen LogP contribution is -2.62. The van der Waals surface area contributed by atoms with Crippen LogP contribution in [0.4, 0.5) is 0 Å². The van der Waals surface area contributed by atoms with Crippen molar-refractivity contribution in [2.24, 2.45) is 0 Å². The molecule has 2 aliphatic heterocycles. The van der Waals surface area contributed by atoms with Gasteiger partial charge < -0.3 is 14.4 Å². The molecule has 4 nitrogen and oxygen atoms in total. The van der Waals surface area contributed by atoms with E-state index in [9.17, 15) is 4.79 Å². The first-order chi connectivity index (χ1) is 6.70. The Morgan fingerprint density at radius 2 is 1.71 bits per heavy atom. The van der Waals surface area contributed by atoms with Crippen LogP contribution in [-0.2, 0) is 14.3 Å². The van der Waals surface area contributed by atoms with Crippen LogP contribution in [0.15, 0.2) is 0 Å². The molecule has 0 aromatic carbocycles. The zero-order valence-electron chi connectivity index (χ0n) is 8.11. The molecular weight excluding hydrogens is 250 g/mol. The Hall–Kier alpha value is -0.130. The van der Waals surface area contributed by atoms with E-state index in [1.165, 1.54) is 0 Å². The van der Waals surface area contributed by atoms with Crippen LogP contribution in [0.5, 0.6) is 0 Å². The molecule has 80 valence electrons. The molecule has 2 heterocycles. The number of morpholine rings is 2. The Kier molecular flexibility index (Phi) is 3.09. The molecule has 2 bridgehead atoms. The molecule has 0 radical (unpaired) electrons. The summed E-state index contributed by atoms with van der Waals surface area (Å²) in [6.45, 7) is 4.25. The molecular formula is C9H14BrNO3. The number of amides is 1. The van der Waals surface area contributed by atoms with Crippen molar-refractivity contribution in [1.82, 2.24) is 4.90 Å². The summed E-state index contributed by atoms with van der Waals surface area (Å²) < 4.78 is 10.8. The van der Waals surface area contributed by atoms with Crippen molar-refractivity contribution in [2.75, 3.05) is 26.4 Å². The lowest BCUT2D eigenvalue weighted by molar-refractivity contribution is -0.167. The van der Waals surface area contributed by atoms with Gasteiger partial charge in [0.1, 0.15) is 0 Å². The second-order valence-corrected chi connectivity index (χ2v) is 5.12. The van der Waals surface area contributed by atoms with E-state index in [0.29, 0.717) is 26.4 Å². The van der Waals surface area contributed by atoms with Crippen molar-refractivity contribution < 1.29 is 14.3 Å². The van der Waals surface area contributed by atoms with Crippen LogP contribution in [0.3, 0.4) is 0 Å². The van der Waals surface area contributed by atoms with Crippen LogP contribution >= 0.6 is 15.9 Å². The quantitative estimate of drug-likeness (QED) is 0.643. The van der Waals surface area contributed by atoms with Gasteiger partial charge in [-0.1, -0.05) is 15.9 Å². The zero-order valence-corrected chi connectivity index (χ0v) is 9.70. The zero-order chi connectivity index (χ0) is 10.1. The highest BCUT2D eigenvalue weighted by molar-refractivity contribution is 9.10. The largest absolute Gasteiger partial charge is 0.377 e. The van der Waals surface area contributed by atoms with Crippen LogP contribution in [-0.4, -0.2) is 54.1 Å². The van der Waals surface area contributed by atoms with Gasteiger partial charge in [0, 0.05) is 0 Å². The van der Waals surface area contributed by atoms with Gasteiger partial charge in [0.05, 0.1) is 43.3 Å². The number of nitrogens with zero attached hydrogens (tertiary/aromatic N) is 1. The molecule has 0 N–H and O–H groups in total. The Morgan fingerprint density at radius 3 is 2.07 bits per heavy atom. The minimum atomic E-state index is -0.122. The molecule has 2 saturated heterocycles. The number of carbonyl (C=O) groups is 1. The maximum Gasteiger partial charge on any atom is 0.236 e. The number of halogens is 1.